The van der Waals surface area contributed by atoms with Crippen LogP contribution in [-0.2, 0) is 6.54 Å². The van der Waals surface area contributed by atoms with Crippen molar-refractivity contribution in [1.29, 1.82) is 0 Å². The van der Waals surface area contributed by atoms with Gasteiger partial charge in [-0.3, -0.25) is 0 Å². The number of nitrogens with zero attached hydrogens (tertiary/aromatic N) is 3. The number of methoxy groups -OCH3 is 1. The van der Waals surface area contributed by atoms with Crippen molar-refractivity contribution in [1.82, 2.24) is 15.0 Å². The summed E-state index contributed by atoms with van der Waals surface area (Å²) in [6, 6.07) is 3.83. The van der Waals surface area contributed by atoms with Gasteiger partial charge in [0, 0.05) is 30.1 Å². The Labute approximate surface area is 123 Å². The molecule has 2 aromatic rings. The van der Waals surface area contributed by atoms with Crippen molar-refractivity contribution in [2.75, 3.05) is 18.7 Å². The Balaban J connectivity index is 2.11. The molecule has 0 radical (unpaired) electrons. The molecule has 0 amide bonds. The van der Waals surface area contributed by atoms with E-state index in [1.54, 1.807) is 25.1 Å². The number of hydrogen-bond acceptors (Lipinski definition) is 6. The number of ether oxygens (including phenoxy) is 1. The highest BCUT2D eigenvalue weighted by Gasteiger charge is 2.07. The lowest BCUT2D eigenvalue weighted by molar-refractivity contribution is 0.397. The summed E-state index contributed by atoms with van der Waals surface area (Å²) in [4.78, 5) is 13.1. The molecule has 2 aromatic heterocycles. The summed E-state index contributed by atoms with van der Waals surface area (Å²) in [7, 11) is 1.61. The number of aromatic nitrogens is 3. The summed E-state index contributed by atoms with van der Waals surface area (Å²) in [5.74, 6) is 1.49. The van der Waals surface area contributed by atoms with Crippen LogP contribution in [0.15, 0.2) is 23.5 Å². The summed E-state index contributed by atoms with van der Waals surface area (Å²) in [5, 5.41) is 4.12. The van der Waals surface area contributed by atoms with Gasteiger partial charge in [-0.2, -0.15) is 0 Å². The van der Waals surface area contributed by atoms with Crippen LogP contribution < -0.4 is 10.1 Å². The van der Waals surface area contributed by atoms with Crippen LogP contribution in [0.4, 0.5) is 5.82 Å². The van der Waals surface area contributed by atoms with Gasteiger partial charge in [0.05, 0.1) is 7.11 Å². The second-order valence-electron chi connectivity index (χ2n) is 4.33. The minimum atomic E-state index is 0.618. The number of anilines is 1. The monoisotopic (exact) mass is 290 g/mol. The van der Waals surface area contributed by atoms with Crippen LogP contribution in [0.2, 0.25) is 0 Å². The van der Waals surface area contributed by atoms with Crippen molar-refractivity contribution in [3.63, 3.8) is 0 Å². The molecule has 2 heterocycles. The first-order chi connectivity index (χ1) is 9.63. The third-order valence-electron chi connectivity index (χ3n) is 3.02. The molecule has 0 saturated carbocycles. The van der Waals surface area contributed by atoms with E-state index >= 15 is 0 Å². The van der Waals surface area contributed by atoms with Crippen molar-refractivity contribution >= 4 is 17.6 Å². The molecule has 0 aliphatic carbocycles. The van der Waals surface area contributed by atoms with E-state index in [4.69, 9.17) is 4.74 Å². The van der Waals surface area contributed by atoms with Gasteiger partial charge in [-0.15, -0.1) is 0 Å². The molecule has 1 N–H and O–H groups in total. The van der Waals surface area contributed by atoms with Gasteiger partial charge in [-0.05, 0) is 25.7 Å². The van der Waals surface area contributed by atoms with Crippen molar-refractivity contribution < 1.29 is 4.74 Å². The minimum Gasteiger partial charge on any atom is -0.481 e. The second kappa shape index (κ2) is 6.56. The number of hydrogen-bond donors (Lipinski definition) is 1. The molecule has 0 spiro atoms. The predicted molar refractivity (Wildman–Crippen MR) is 81.4 cm³/mol. The topological polar surface area (TPSA) is 59.9 Å². The summed E-state index contributed by atoms with van der Waals surface area (Å²) < 4.78 is 5.04. The molecule has 0 atom stereocenters. The number of rotatable bonds is 5. The molecule has 106 valence electrons. The highest BCUT2D eigenvalue weighted by molar-refractivity contribution is 7.98. The summed E-state index contributed by atoms with van der Waals surface area (Å²) in [6.45, 7) is 4.69. The lowest BCUT2D eigenvalue weighted by Crippen LogP contribution is -2.07. The van der Waals surface area contributed by atoms with Gasteiger partial charge in [0.2, 0.25) is 5.88 Å². The first-order valence-electron chi connectivity index (χ1n) is 6.26. The van der Waals surface area contributed by atoms with E-state index in [9.17, 15) is 0 Å². The molecule has 2 rings (SSSR count). The van der Waals surface area contributed by atoms with Crippen LogP contribution in [0.5, 0.6) is 5.88 Å². The van der Waals surface area contributed by atoms with Crippen molar-refractivity contribution in [2.24, 2.45) is 0 Å². The molecule has 0 aromatic carbocycles. The number of aryl methyl sites for hydroxylation is 1. The fraction of sp³-hybridized carbons (Fsp3) is 0.357. The molecule has 0 bridgehead atoms. The predicted octanol–water partition coefficient (Wildman–Crippen LogP) is 2.83. The summed E-state index contributed by atoms with van der Waals surface area (Å²) in [5.41, 5.74) is 3.15. The smallest absolute Gasteiger partial charge is 0.212 e. The third-order valence-corrected chi connectivity index (χ3v) is 3.57. The van der Waals surface area contributed by atoms with E-state index < -0.39 is 0 Å². The third kappa shape index (κ3) is 3.39. The van der Waals surface area contributed by atoms with Crippen LogP contribution in [0.25, 0.3) is 0 Å². The lowest BCUT2D eigenvalue weighted by atomic mass is 10.2. The Bertz CT molecular complexity index is 586. The average Bonchev–Trinajstić information content (AvgIpc) is 2.49. The van der Waals surface area contributed by atoms with Crippen LogP contribution in [0.1, 0.15) is 16.8 Å². The van der Waals surface area contributed by atoms with Gasteiger partial charge < -0.3 is 10.1 Å². The van der Waals surface area contributed by atoms with Crippen molar-refractivity contribution in [3.05, 3.63) is 35.2 Å². The zero-order valence-electron chi connectivity index (χ0n) is 12.1. The second-order valence-corrected chi connectivity index (χ2v) is 5.11. The Morgan fingerprint density at radius 1 is 1.25 bits per heavy atom. The number of nitrogens with one attached hydrogen (secondary N) is 1. The summed E-state index contributed by atoms with van der Waals surface area (Å²) in [6.07, 6.45) is 3.77. The van der Waals surface area contributed by atoms with Gasteiger partial charge in [-0.25, -0.2) is 15.0 Å². The van der Waals surface area contributed by atoms with Gasteiger partial charge in [0.1, 0.15) is 5.82 Å². The van der Waals surface area contributed by atoms with Gasteiger partial charge >= 0.3 is 0 Å². The number of pyridine rings is 1. The number of thioether (sulfide) groups is 1. The molecular weight excluding hydrogens is 272 g/mol. The van der Waals surface area contributed by atoms with E-state index in [-0.39, 0.29) is 0 Å². The lowest BCUT2D eigenvalue weighted by Gasteiger charge is -2.11. The average molecular weight is 290 g/mol. The highest BCUT2D eigenvalue weighted by atomic mass is 32.2. The van der Waals surface area contributed by atoms with Gasteiger partial charge in [0.25, 0.3) is 0 Å². The Morgan fingerprint density at radius 2 is 2.05 bits per heavy atom. The maximum Gasteiger partial charge on any atom is 0.212 e. The summed E-state index contributed by atoms with van der Waals surface area (Å²) >= 11 is 1.54. The quantitative estimate of drug-likeness (QED) is 0.675. The van der Waals surface area contributed by atoms with E-state index in [1.165, 1.54) is 0 Å². The molecular formula is C14H18N4OS. The highest BCUT2D eigenvalue weighted by Crippen LogP contribution is 2.20. The first-order valence-corrected chi connectivity index (χ1v) is 7.48. The standard InChI is InChI=1S/C14H18N4OS/c1-9-10(2)17-14(20-4)18-13(9)16-8-11-5-6-12(19-3)15-7-11/h5-7H,8H2,1-4H3,(H,16,17,18). The SMILES string of the molecule is COc1ccc(CNc2nc(SC)nc(C)c2C)cn1. The van der Waals surface area contributed by atoms with E-state index in [0.717, 1.165) is 27.8 Å². The van der Waals surface area contributed by atoms with E-state index in [1.807, 2.05) is 32.2 Å². The maximum atomic E-state index is 5.04. The molecule has 0 aliphatic rings. The zero-order chi connectivity index (χ0) is 14.5. The first kappa shape index (κ1) is 14.6. The Morgan fingerprint density at radius 3 is 2.65 bits per heavy atom. The van der Waals surface area contributed by atoms with Crippen molar-refractivity contribution in [2.45, 2.75) is 25.5 Å². The fourth-order valence-electron chi connectivity index (χ4n) is 1.69. The molecule has 0 aliphatic heterocycles. The fourth-order valence-corrected chi connectivity index (χ4v) is 2.10. The van der Waals surface area contributed by atoms with E-state index in [2.05, 4.69) is 20.3 Å². The molecule has 0 fully saturated rings. The van der Waals surface area contributed by atoms with Crippen LogP contribution >= 0.6 is 11.8 Å². The van der Waals surface area contributed by atoms with Gasteiger partial charge in [-0.1, -0.05) is 17.8 Å². The molecule has 5 nitrogen and oxygen atoms in total. The molecule has 0 unspecified atom stereocenters. The minimum absolute atomic E-state index is 0.618. The Kier molecular flexibility index (Phi) is 4.79. The van der Waals surface area contributed by atoms with Crippen molar-refractivity contribution in [3.8, 4) is 5.88 Å². The Hall–Kier alpha value is -1.82. The van der Waals surface area contributed by atoms with Crippen LogP contribution in [0.3, 0.4) is 0 Å². The van der Waals surface area contributed by atoms with Crippen LogP contribution in [-0.4, -0.2) is 28.3 Å². The van der Waals surface area contributed by atoms with Gasteiger partial charge in [0.15, 0.2) is 5.16 Å². The molecule has 20 heavy (non-hydrogen) atoms. The molecule has 6 heteroatoms. The van der Waals surface area contributed by atoms with Crippen LogP contribution in [0, 0.1) is 13.8 Å². The maximum absolute atomic E-state index is 5.04. The normalized spacial score (nSPS) is 10.4. The zero-order valence-corrected chi connectivity index (χ0v) is 12.9. The van der Waals surface area contributed by atoms with E-state index in [0.29, 0.717) is 12.4 Å². The largest absolute Gasteiger partial charge is 0.481 e. The molecule has 0 saturated heterocycles.